The Balaban J connectivity index is 1.11. The first-order valence-electron chi connectivity index (χ1n) is 19.6. The highest BCUT2D eigenvalue weighted by atomic mass is 15.1. The van der Waals surface area contributed by atoms with E-state index < -0.39 is 0 Å². The van der Waals surface area contributed by atoms with E-state index in [1.54, 1.807) is 0 Å². The minimum Gasteiger partial charge on any atom is -0.310 e. The fourth-order valence-electron chi connectivity index (χ4n) is 9.10. The van der Waals surface area contributed by atoms with Crippen molar-refractivity contribution in [3.63, 3.8) is 0 Å². The van der Waals surface area contributed by atoms with E-state index in [0.717, 1.165) is 44.2 Å². The summed E-state index contributed by atoms with van der Waals surface area (Å²) in [5, 5.41) is 4.31. The van der Waals surface area contributed by atoms with Gasteiger partial charge >= 0.3 is 0 Å². The van der Waals surface area contributed by atoms with Gasteiger partial charge in [-0.2, -0.15) is 0 Å². The Morgan fingerprint density at radius 1 is 0.415 bits per heavy atom. The predicted molar refractivity (Wildman–Crippen MR) is 227 cm³/mol. The molecule has 0 bridgehead atoms. The number of nitrogens with zero attached hydrogens (tertiary/aromatic N) is 1. The maximum Gasteiger partial charge on any atom is 0.0629 e. The number of hydrogen-bond donors (Lipinski definition) is 0. The maximum absolute atomic E-state index is 9.33. The summed E-state index contributed by atoms with van der Waals surface area (Å²) in [6.07, 6.45) is 0. The van der Waals surface area contributed by atoms with Crippen LogP contribution in [0.3, 0.4) is 0 Å². The average molecular weight is 682 g/mol. The standard InChI is InChI=1S/C52H41N/c1-51(2)47-19-11-9-17-43(47)45-29-27-38(32-49(45)51)53(39-28-30-46-44-18-10-12-20-48(44)52(3,4)50(46)33-39)37-25-22-34(23-26-37)21-24-36-31-35-13-5-6-14-40(35)42-16-8-7-15-41(36)42/h5-33H,1-4H3/b24-21+/i21D,24D. The van der Waals surface area contributed by atoms with Gasteiger partial charge in [0, 0.05) is 27.9 Å². The van der Waals surface area contributed by atoms with Crippen molar-refractivity contribution in [2.45, 2.75) is 38.5 Å². The van der Waals surface area contributed by atoms with Gasteiger partial charge in [0.15, 0.2) is 0 Å². The summed E-state index contributed by atoms with van der Waals surface area (Å²) in [6.45, 7) is 9.31. The van der Waals surface area contributed by atoms with Crippen molar-refractivity contribution in [1.82, 2.24) is 0 Å². The summed E-state index contributed by atoms with van der Waals surface area (Å²) in [6, 6.07) is 58.6. The van der Waals surface area contributed by atoms with Crippen LogP contribution in [-0.2, 0) is 10.8 Å². The number of anilines is 3. The quantitative estimate of drug-likeness (QED) is 0.129. The van der Waals surface area contributed by atoms with Crippen molar-refractivity contribution in [2.75, 3.05) is 4.90 Å². The molecule has 8 aromatic carbocycles. The number of fused-ring (bicyclic) bond motifs is 9. The summed E-state index contributed by atoms with van der Waals surface area (Å²) >= 11 is 0. The molecular weight excluding hydrogens is 639 g/mol. The van der Waals surface area contributed by atoms with E-state index >= 15 is 0 Å². The molecule has 10 rings (SSSR count). The zero-order chi connectivity index (χ0) is 37.6. The third-order valence-corrected chi connectivity index (χ3v) is 11.9. The lowest BCUT2D eigenvalue weighted by Crippen LogP contribution is -2.18. The summed E-state index contributed by atoms with van der Waals surface area (Å²) < 4.78 is 18.6. The van der Waals surface area contributed by atoms with Crippen LogP contribution in [0.25, 0.3) is 55.9 Å². The molecule has 0 saturated carbocycles. The van der Waals surface area contributed by atoms with E-state index in [2.05, 4.69) is 166 Å². The SMILES string of the molecule is [2H]/C(=C(/[2H])c1cc2ccccc2c2ccccc12)c1ccc(N(c2ccc3c(c2)C(C)(C)c2ccccc2-3)c2ccc3c(c2)C(C)(C)c2ccccc2-3)cc1. The van der Waals surface area contributed by atoms with Gasteiger partial charge < -0.3 is 4.90 Å². The van der Waals surface area contributed by atoms with Crippen LogP contribution in [0.1, 0.15) is 63.8 Å². The smallest absolute Gasteiger partial charge is 0.0629 e. The van der Waals surface area contributed by atoms with E-state index in [0.29, 0.717) is 5.56 Å². The van der Waals surface area contributed by atoms with Gasteiger partial charge in [-0.25, -0.2) is 0 Å². The molecule has 0 fully saturated rings. The van der Waals surface area contributed by atoms with Crippen molar-refractivity contribution in [3.05, 3.63) is 197 Å². The second kappa shape index (κ2) is 11.7. The van der Waals surface area contributed by atoms with Crippen molar-refractivity contribution in [3.8, 4) is 22.3 Å². The minimum absolute atomic E-state index is 0.137. The fourth-order valence-corrected chi connectivity index (χ4v) is 9.10. The lowest BCUT2D eigenvalue weighted by molar-refractivity contribution is 0.660. The summed E-state index contributed by atoms with van der Waals surface area (Å²) in [5.74, 6) is 0. The Hall–Kier alpha value is -6.18. The molecule has 0 heterocycles. The third kappa shape index (κ3) is 4.84. The summed E-state index contributed by atoms with van der Waals surface area (Å²) in [5.41, 5.74) is 14.9. The molecule has 0 amide bonds. The summed E-state index contributed by atoms with van der Waals surface area (Å²) in [7, 11) is 0. The van der Waals surface area contributed by atoms with Gasteiger partial charge in [0.05, 0.1) is 2.74 Å². The molecule has 0 unspecified atom stereocenters. The largest absolute Gasteiger partial charge is 0.310 e. The molecule has 0 N–H and O–H groups in total. The first-order chi connectivity index (χ1) is 26.6. The van der Waals surface area contributed by atoms with Crippen LogP contribution in [0.2, 0.25) is 0 Å². The molecule has 0 aromatic heterocycles. The first-order valence-corrected chi connectivity index (χ1v) is 18.6. The Morgan fingerprint density at radius 3 is 1.49 bits per heavy atom. The second-order valence-corrected chi connectivity index (χ2v) is 15.6. The second-order valence-electron chi connectivity index (χ2n) is 15.6. The van der Waals surface area contributed by atoms with Crippen molar-refractivity contribution >= 4 is 50.7 Å². The lowest BCUT2D eigenvalue weighted by Gasteiger charge is -2.29. The maximum atomic E-state index is 9.33. The van der Waals surface area contributed by atoms with Crippen LogP contribution >= 0.6 is 0 Å². The monoisotopic (exact) mass is 681 g/mol. The van der Waals surface area contributed by atoms with Crippen molar-refractivity contribution < 1.29 is 2.74 Å². The lowest BCUT2D eigenvalue weighted by atomic mass is 9.82. The fraction of sp³-hybridized carbons (Fsp3) is 0.115. The molecule has 254 valence electrons. The highest BCUT2D eigenvalue weighted by Crippen LogP contribution is 2.53. The molecular formula is C52H41N. The molecule has 0 spiro atoms. The normalized spacial score (nSPS) is 15.5. The molecule has 0 atom stereocenters. The molecule has 0 saturated heterocycles. The van der Waals surface area contributed by atoms with E-state index in [9.17, 15) is 2.74 Å². The summed E-state index contributed by atoms with van der Waals surface area (Å²) in [4.78, 5) is 2.36. The number of rotatable bonds is 5. The number of hydrogen-bond acceptors (Lipinski definition) is 1. The van der Waals surface area contributed by atoms with Crippen LogP contribution in [-0.4, -0.2) is 0 Å². The predicted octanol–water partition coefficient (Wildman–Crippen LogP) is 14.2. The zero-order valence-corrected chi connectivity index (χ0v) is 30.5. The van der Waals surface area contributed by atoms with Gasteiger partial charge in [0.25, 0.3) is 0 Å². The third-order valence-electron chi connectivity index (χ3n) is 11.9. The van der Waals surface area contributed by atoms with E-state index in [4.69, 9.17) is 0 Å². The molecule has 1 nitrogen and oxygen atoms in total. The Bertz CT molecular complexity index is 2790. The highest BCUT2D eigenvalue weighted by molar-refractivity contribution is 6.11. The minimum atomic E-state index is -0.137. The van der Waals surface area contributed by atoms with Gasteiger partial charge in [-0.3, -0.25) is 0 Å². The molecule has 8 aromatic rings. The van der Waals surface area contributed by atoms with E-state index in [-0.39, 0.29) is 22.9 Å². The zero-order valence-electron chi connectivity index (χ0n) is 32.5. The average Bonchev–Trinajstić information content (AvgIpc) is 3.59. The van der Waals surface area contributed by atoms with Gasteiger partial charge in [-0.15, -0.1) is 0 Å². The Kier molecular flexibility index (Phi) is 6.47. The van der Waals surface area contributed by atoms with Gasteiger partial charge in [0.2, 0.25) is 0 Å². The van der Waals surface area contributed by atoms with Crippen LogP contribution in [0.5, 0.6) is 0 Å². The van der Waals surface area contributed by atoms with Crippen LogP contribution < -0.4 is 4.90 Å². The topological polar surface area (TPSA) is 3.24 Å². The molecule has 53 heavy (non-hydrogen) atoms. The highest BCUT2D eigenvalue weighted by Gasteiger charge is 2.37. The molecule has 0 radical (unpaired) electrons. The molecule has 2 aliphatic carbocycles. The van der Waals surface area contributed by atoms with Crippen molar-refractivity contribution in [2.24, 2.45) is 0 Å². The van der Waals surface area contributed by atoms with Crippen LogP contribution in [0.15, 0.2) is 164 Å². The Labute approximate surface area is 315 Å². The van der Waals surface area contributed by atoms with E-state index in [1.165, 1.54) is 44.5 Å². The Morgan fingerprint density at radius 2 is 0.887 bits per heavy atom. The van der Waals surface area contributed by atoms with Crippen LogP contribution in [0.4, 0.5) is 17.1 Å². The molecule has 2 aliphatic rings. The molecule has 0 aliphatic heterocycles. The van der Waals surface area contributed by atoms with Gasteiger partial charge in [-0.1, -0.05) is 161 Å². The van der Waals surface area contributed by atoms with Crippen LogP contribution in [0, 0.1) is 0 Å². The van der Waals surface area contributed by atoms with E-state index in [1.807, 2.05) is 30.3 Å². The van der Waals surface area contributed by atoms with Gasteiger partial charge in [0.1, 0.15) is 0 Å². The number of benzene rings is 8. The molecule has 1 heteroatoms. The van der Waals surface area contributed by atoms with Gasteiger partial charge in [-0.05, 0) is 120 Å². The van der Waals surface area contributed by atoms with Crippen molar-refractivity contribution in [1.29, 1.82) is 0 Å². The first kappa shape index (κ1) is 29.4.